The molecule has 1 saturated heterocycles. The molecule has 41 heavy (non-hydrogen) atoms. The second-order valence-corrected chi connectivity index (χ2v) is 13.3. The molecule has 2 bridgehead atoms. The van der Waals surface area contributed by atoms with Gasteiger partial charge in [0.2, 0.25) is 11.8 Å². The molecule has 1 aromatic heterocycles. The molecule has 3 saturated carbocycles. The predicted molar refractivity (Wildman–Crippen MR) is 158 cm³/mol. The number of amides is 3. The quantitative estimate of drug-likeness (QED) is 0.383. The van der Waals surface area contributed by atoms with E-state index >= 15 is 0 Å². The molecule has 4 fully saturated rings. The maximum absolute atomic E-state index is 12.9. The second kappa shape index (κ2) is 11.3. The number of carbonyl (C=O) groups is 3. The third kappa shape index (κ3) is 5.95. The lowest BCUT2D eigenvalue weighted by molar-refractivity contribution is -0.199. The molecule has 0 radical (unpaired) electrons. The third-order valence-electron chi connectivity index (χ3n) is 9.54. The van der Waals surface area contributed by atoms with Crippen molar-refractivity contribution in [2.24, 2.45) is 30.2 Å². The first-order valence-electron chi connectivity index (χ1n) is 14.8. The SMILES string of the molecule is CC(C)C[C@H](NC(=O)CNC(=O)Cc1cccc(NC(=O)c2cccn2C)c1)B1O[C@@H]2C[C@@H]3C[C@@H](C3(C)C)[C@]2(C)O1. The molecule has 220 valence electrons. The van der Waals surface area contributed by atoms with Crippen LogP contribution in [-0.4, -0.2) is 53.6 Å². The summed E-state index contributed by atoms with van der Waals surface area (Å²) >= 11 is 0. The molecule has 6 rings (SSSR count). The molecular weight excluding hydrogens is 519 g/mol. The Morgan fingerprint density at radius 1 is 1.10 bits per heavy atom. The van der Waals surface area contributed by atoms with E-state index < -0.39 is 7.12 Å². The highest BCUT2D eigenvalue weighted by atomic mass is 16.7. The van der Waals surface area contributed by atoms with E-state index in [1.54, 1.807) is 48.1 Å². The number of hydrogen-bond acceptors (Lipinski definition) is 5. The molecule has 2 heterocycles. The Hall–Kier alpha value is -3.11. The van der Waals surface area contributed by atoms with E-state index in [0.29, 0.717) is 35.6 Å². The molecule has 0 spiro atoms. The van der Waals surface area contributed by atoms with E-state index in [0.717, 1.165) is 12.0 Å². The topological polar surface area (TPSA) is 111 Å². The van der Waals surface area contributed by atoms with E-state index in [2.05, 4.69) is 50.6 Å². The van der Waals surface area contributed by atoms with Crippen molar-refractivity contribution in [3.05, 3.63) is 53.9 Å². The van der Waals surface area contributed by atoms with Gasteiger partial charge in [-0.15, -0.1) is 0 Å². The molecular formula is C31H43BN4O5. The summed E-state index contributed by atoms with van der Waals surface area (Å²) in [7, 11) is 1.30. The number of carbonyl (C=O) groups excluding carboxylic acids is 3. The van der Waals surface area contributed by atoms with Gasteiger partial charge in [-0.25, -0.2) is 0 Å². The minimum atomic E-state index is -0.504. The highest BCUT2D eigenvalue weighted by Crippen LogP contribution is 2.65. The van der Waals surface area contributed by atoms with Gasteiger partial charge in [-0.3, -0.25) is 14.4 Å². The van der Waals surface area contributed by atoms with Crippen molar-refractivity contribution in [1.82, 2.24) is 15.2 Å². The zero-order chi connectivity index (χ0) is 29.5. The number of aromatic nitrogens is 1. The van der Waals surface area contributed by atoms with Gasteiger partial charge in [0.25, 0.3) is 5.91 Å². The third-order valence-corrected chi connectivity index (χ3v) is 9.54. The number of nitrogens with one attached hydrogen (secondary N) is 3. The standard InChI is InChI=1S/C31H43BN4O5/c1-19(2)13-26(32-40-25-17-21-16-24(30(21,3)4)31(25,5)41-32)35-28(38)18-33-27(37)15-20-9-7-10-22(14-20)34-29(39)23-11-8-12-36(23)6/h7-12,14,19,21,24-26H,13,15-18H2,1-6H3,(H,33,37)(H,34,39)(H,35,38)/t21-,24-,25+,26-,31-/m0/s1. The maximum Gasteiger partial charge on any atom is 0.481 e. The first-order valence-corrected chi connectivity index (χ1v) is 14.8. The fraction of sp³-hybridized carbons (Fsp3) is 0.581. The van der Waals surface area contributed by atoms with Crippen LogP contribution in [0.1, 0.15) is 69.9 Å². The summed E-state index contributed by atoms with van der Waals surface area (Å²) in [5.74, 6) is 0.356. The molecule has 10 heteroatoms. The van der Waals surface area contributed by atoms with Crippen molar-refractivity contribution in [2.45, 2.75) is 77.9 Å². The van der Waals surface area contributed by atoms with E-state index in [1.807, 2.05) is 6.07 Å². The zero-order valence-electron chi connectivity index (χ0n) is 25.0. The van der Waals surface area contributed by atoms with E-state index in [-0.39, 0.29) is 53.7 Å². The Balaban J connectivity index is 1.13. The van der Waals surface area contributed by atoms with Gasteiger partial charge in [-0.2, -0.15) is 0 Å². The number of benzene rings is 1. The van der Waals surface area contributed by atoms with Crippen LogP contribution in [0.5, 0.6) is 0 Å². The Morgan fingerprint density at radius 2 is 1.88 bits per heavy atom. The average molecular weight is 563 g/mol. The smallest absolute Gasteiger partial charge is 0.404 e. The van der Waals surface area contributed by atoms with Crippen LogP contribution < -0.4 is 16.0 Å². The van der Waals surface area contributed by atoms with Crippen molar-refractivity contribution in [2.75, 3.05) is 11.9 Å². The Bertz CT molecular complexity index is 1310. The minimum absolute atomic E-state index is 0.0450. The molecule has 2 aromatic rings. The zero-order valence-corrected chi connectivity index (χ0v) is 25.0. The fourth-order valence-electron chi connectivity index (χ4n) is 7.15. The molecule has 0 unspecified atom stereocenters. The van der Waals surface area contributed by atoms with E-state index in [4.69, 9.17) is 9.31 Å². The Morgan fingerprint density at radius 3 is 2.56 bits per heavy atom. The van der Waals surface area contributed by atoms with E-state index in [9.17, 15) is 14.4 Å². The van der Waals surface area contributed by atoms with Crippen LogP contribution in [-0.2, 0) is 32.4 Å². The van der Waals surface area contributed by atoms with E-state index in [1.165, 1.54) is 6.42 Å². The van der Waals surface area contributed by atoms with Gasteiger partial charge in [-0.05, 0) is 79.2 Å². The Labute approximate surface area is 243 Å². The van der Waals surface area contributed by atoms with Gasteiger partial charge < -0.3 is 29.8 Å². The lowest BCUT2D eigenvalue weighted by Crippen LogP contribution is -2.65. The van der Waals surface area contributed by atoms with Gasteiger partial charge >= 0.3 is 7.12 Å². The van der Waals surface area contributed by atoms with Crippen molar-refractivity contribution < 1.29 is 23.7 Å². The lowest BCUT2D eigenvalue weighted by atomic mass is 9.43. The molecule has 3 N–H and O–H groups in total. The molecule has 9 nitrogen and oxygen atoms in total. The van der Waals surface area contributed by atoms with Crippen LogP contribution in [0, 0.1) is 23.2 Å². The van der Waals surface area contributed by atoms with Crippen LogP contribution in [0.15, 0.2) is 42.6 Å². The van der Waals surface area contributed by atoms with Gasteiger partial charge in [0.1, 0.15) is 5.69 Å². The number of aryl methyl sites for hydroxylation is 1. The fourth-order valence-corrected chi connectivity index (χ4v) is 7.15. The van der Waals surface area contributed by atoms with Gasteiger partial charge in [0, 0.05) is 18.9 Å². The maximum atomic E-state index is 12.9. The average Bonchev–Trinajstić information content (AvgIpc) is 3.49. The minimum Gasteiger partial charge on any atom is -0.404 e. The number of rotatable bonds is 10. The largest absolute Gasteiger partial charge is 0.481 e. The predicted octanol–water partition coefficient (Wildman–Crippen LogP) is 3.73. The highest BCUT2D eigenvalue weighted by Gasteiger charge is 2.68. The van der Waals surface area contributed by atoms with Gasteiger partial charge in [-0.1, -0.05) is 39.8 Å². The molecule has 5 atom stereocenters. The first-order chi connectivity index (χ1) is 19.4. The highest BCUT2D eigenvalue weighted by molar-refractivity contribution is 6.47. The van der Waals surface area contributed by atoms with Crippen molar-refractivity contribution in [3.8, 4) is 0 Å². The normalized spacial score (nSPS) is 26.6. The first kappa shape index (κ1) is 29.4. The molecule has 1 aliphatic heterocycles. The number of nitrogens with zero attached hydrogens (tertiary/aromatic N) is 1. The van der Waals surface area contributed by atoms with Gasteiger partial charge in [0.15, 0.2) is 0 Å². The summed E-state index contributed by atoms with van der Waals surface area (Å²) in [6.07, 6.45) is 4.82. The summed E-state index contributed by atoms with van der Waals surface area (Å²) in [4.78, 5) is 38.2. The second-order valence-electron chi connectivity index (χ2n) is 13.3. The Kier molecular flexibility index (Phi) is 8.09. The lowest BCUT2D eigenvalue weighted by Gasteiger charge is -2.64. The van der Waals surface area contributed by atoms with Crippen LogP contribution in [0.25, 0.3) is 0 Å². The molecule has 3 aliphatic carbocycles. The van der Waals surface area contributed by atoms with Crippen molar-refractivity contribution >= 4 is 30.5 Å². The molecule has 4 aliphatic rings. The summed E-state index contributed by atoms with van der Waals surface area (Å²) < 4.78 is 14.8. The van der Waals surface area contributed by atoms with Crippen LogP contribution in [0.3, 0.4) is 0 Å². The van der Waals surface area contributed by atoms with Crippen LogP contribution in [0.2, 0.25) is 0 Å². The van der Waals surface area contributed by atoms with Crippen molar-refractivity contribution in [1.29, 1.82) is 0 Å². The summed E-state index contributed by atoms with van der Waals surface area (Å²) in [6, 6.07) is 10.7. The summed E-state index contributed by atoms with van der Waals surface area (Å²) in [6.45, 7) is 10.9. The van der Waals surface area contributed by atoms with Crippen molar-refractivity contribution in [3.63, 3.8) is 0 Å². The van der Waals surface area contributed by atoms with Crippen LogP contribution >= 0.6 is 0 Å². The monoisotopic (exact) mass is 562 g/mol. The molecule has 3 amide bonds. The number of hydrogen-bond donors (Lipinski definition) is 3. The number of anilines is 1. The molecule has 1 aromatic carbocycles. The summed E-state index contributed by atoms with van der Waals surface area (Å²) in [5, 5.41) is 8.67. The summed E-state index contributed by atoms with van der Waals surface area (Å²) in [5.41, 5.74) is 1.78. The van der Waals surface area contributed by atoms with Crippen LogP contribution in [0.4, 0.5) is 5.69 Å². The van der Waals surface area contributed by atoms with Gasteiger partial charge in [0.05, 0.1) is 30.6 Å².